The molecule has 0 bridgehead atoms. The zero-order valence-electron chi connectivity index (χ0n) is 12.2. The van der Waals surface area contributed by atoms with Gasteiger partial charge in [0.25, 0.3) is 0 Å². The van der Waals surface area contributed by atoms with E-state index in [2.05, 4.69) is 5.32 Å². The van der Waals surface area contributed by atoms with E-state index in [1.165, 1.54) is 7.11 Å². The summed E-state index contributed by atoms with van der Waals surface area (Å²) in [6, 6.07) is 12.9. The summed E-state index contributed by atoms with van der Waals surface area (Å²) in [5, 5.41) is 12.5. The minimum atomic E-state index is -1.23. The molecule has 2 aromatic carbocycles. The Hall–Kier alpha value is -2.79. The molecule has 0 aliphatic rings. The van der Waals surface area contributed by atoms with Gasteiger partial charge in [0.05, 0.1) is 7.11 Å². The maximum absolute atomic E-state index is 12.2. The monoisotopic (exact) mass is 331 g/mol. The zero-order chi connectivity index (χ0) is 16.8. The number of ketones is 1. The highest BCUT2D eigenvalue weighted by Gasteiger charge is 2.12. The van der Waals surface area contributed by atoms with E-state index < -0.39 is 11.8 Å². The zero-order valence-corrected chi connectivity index (χ0v) is 13.0. The second kappa shape index (κ2) is 7.47. The van der Waals surface area contributed by atoms with Crippen LogP contribution in [-0.4, -0.2) is 24.0 Å². The Morgan fingerprint density at radius 2 is 1.70 bits per heavy atom. The van der Waals surface area contributed by atoms with Crippen molar-refractivity contribution in [3.05, 3.63) is 70.9 Å². The molecule has 0 atom stereocenters. The van der Waals surface area contributed by atoms with Crippen LogP contribution in [0.2, 0.25) is 5.02 Å². The summed E-state index contributed by atoms with van der Waals surface area (Å²) < 4.78 is 5.01. The Morgan fingerprint density at radius 1 is 1.09 bits per heavy atom. The fourth-order valence-corrected chi connectivity index (χ4v) is 1.94. The van der Waals surface area contributed by atoms with Crippen LogP contribution in [-0.2, 0) is 4.79 Å². The summed E-state index contributed by atoms with van der Waals surface area (Å²) in [5.41, 5.74) is 0.654. The molecule has 0 aliphatic carbocycles. The molecule has 0 saturated heterocycles. The van der Waals surface area contributed by atoms with Crippen LogP contribution in [0.5, 0.6) is 5.75 Å². The highest BCUT2D eigenvalue weighted by atomic mass is 35.5. The summed E-state index contributed by atoms with van der Waals surface area (Å²) in [7, 11) is 1.52. The molecule has 5 nitrogen and oxygen atoms in total. The number of ether oxygens (including phenoxy) is 1. The number of anilines is 1. The second-order valence-corrected chi connectivity index (χ2v) is 5.02. The van der Waals surface area contributed by atoms with Gasteiger partial charge >= 0.3 is 5.97 Å². The van der Waals surface area contributed by atoms with Crippen LogP contribution in [0.4, 0.5) is 5.69 Å². The first-order chi connectivity index (χ1) is 11.0. The number of benzene rings is 2. The van der Waals surface area contributed by atoms with Crippen molar-refractivity contribution in [2.24, 2.45) is 0 Å². The van der Waals surface area contributed by atoms with Crippen molar-refractivity contribution in [3.8, 4) is 5.75 Å². The van der Waals surface area contributed by atoms with Gasteiger partial charge in [0.15, 0.2) is 5.78 Å². The molecule has 0 aromatic heterocycles. The standard InChI is InChI=1S/C17H14ClNO4/c1-23-14-8-2-11(3-9-14)16(20)10-15(17(21)22)19-13-6-4-12(18)5-7-13/h2-10,19H,1H3,(H,21,22)/b15-10-. The van der Waals surface area contributed by atoms with E-state index >= 15 is 0 Å². The molecule has 0 saturated carbocycles. The lowest BCUT2D eigenvalue weighted by atomic mass is 10.1. The molecule has 2 N–H and O–H groups in total. The number of carboxylic acids is 1. The van der Waals surface area contributed by atoms with E-state index in [4.69, 9.17) is 16.3 Å². The quantitative estimate of drug-likeness (QED) is 0.624. The van der Waals surface area contributed by atoms with Gasteiger partial charge in [-0.15, -0.1) is 0 Å². The lowest BCUT2D eigenvalue weighted by molar-refractivity contribution is -0.132. The van der Waals surface area contributed by atoms with E-state index in [-0.39, 0.29) is 5.70 Å². The molecule has 0 amide bonds. The van der Waals surface area contributed by atoms with E-state index in [1.807, 2.05) is 0 Å². The van der Waals surface area contributed by atoms with Gasteiger partial charge in [0.1, 0.15) is 11.4 Å². The average Bonchev–Trinajstić information content (AvgIpc) is 2.56. The first-order valence-corrected chi connectivity index (χ1v) is 7.03. The topological polar surface area (TPSA) is 75.6 Å². The van der Waals surface area contributed by atoms with Crippen LogP contribution in [0, 0.1) is 0 Å². The van der Waals surface area contributed by atoms with Crippen LogP contribution in [0.1, 0.15) is 10.4 Å². The van der Waals surface area contributed by atoms with Crippen molar-refractivity contribution >= 4 is 29.0 Å². The molecule has 2 rings (SSSR count). The van der Waals surface area contributed by atoms with Gasteiger partial charge in [0.2, 0.25) is 0 Å². The number of aliphatic carboxylic acids is 1. The molecule has 0 aliphatic heterocycles. The summed E-state index contributed by atoms with van der Waals surface area (Å²) in [5.74, 6) is -1.04. The number of hydrogen-bond acceptors (Lipinski definition) is 4. The van der Waals surface area contributed by atoms with E-state index in [9.17, 15) is 14.7 Å². The number of halogens is 1. The molecular weight excluding hydrogens is 318 g/mol. The largest absolute Gasteiger partial charge is 0.497 e. The number of nitrogens with one attached hydrogen (secondary N) is 1. The first kappa shape index (κ1) is 16.6. The van der Waals surface area contributed by atoms with Gasteiger partial charge in [-0.05, 0) is 48.5 Å². The second-order valence-electron chi connectivity index (χ2n) is 4.59. The van der Waals surface area contributed by atoms with Crippen LogP contribution < -0.4 is 10.1 Å². The van der Waals surface area contributed by atoms with Crippen molar-refractivity contribution in [1.82, 2.24) is 0 Å². The maximum atomic E-state index is 12.2. The van der Waals surface area contributed by atoms with Gasteiger partial charge in [-0.2, -0.15) is 0 Å². The predicted molar refractivity (Wildman–Crippen MR) is 88.1 cm³/mol. The summed E-state index contributed by atoms with van der Waals surface area (Å²) in [6.45, 7) is 0. The fraction of sp³-hybridized carbons (Fsp3) is 0.0588. The minimum absolute atomic E-state index is 0.229. The molecule has 0 radical (unpaired) electrons. The van der Waals surface area contributed by atoms with E-state index in [0.717, 1.165) is 6.08 Å². The van der Waals surface area contributed by atoms with Crippen molar-refractivity contribution in [2.45, 2.75) is 0 Å². The van der Waals surface area contributed by atoms with E-state index in [0.29, 0.717) is 22.0 Å². The van der Waals surface area contributed by atoms with Gasteiger partial charge in [-0.25, -0.2) is 4.79 Å². The van der Waals surface area contributed by atoms with Gasteiger partial charge in [-0.1, -0.05) is 11.6 Å². The smallest absolute Gasteiger partial charge is 0.352 e. The molecule has 0 fully saturated rings. The number of carbonyl (C=O) groups is 2. The number of allylic oxidation sites excluding steroid dienone is 1. The maximum Gasteiger partial charge on any atom is 0.352 e. The fourth-order valence-electron chi connectivity index (χ4n) is 1.81. The van der Waals surface area contributed by atoms with Crippen LogP contribution >= 0.6 is 11.6 Å². The molecule has 118 valence electrons. The van der Waals surface area contributed by atoms with Gasteiger partial charge in [0, 0.05) is 22.3 Å². The van der Waals surface area contributed by atoms with Crippen LogP contribution in [0.25, 0.3) is 0 Å². The van der Waals surface area contributed by atoms with Gasteiger partial charge < -0.3 is 15.2 Å². The Balaban J connectivity index is 2.21. The van der Waals surface area contributed by atoms with E-state index in [1.54, 1.807) is 48.5 Å². The van der Waals surface area contributed by atoms with Crippen molar-refractivity contribution in [1.29, 1.82) is 0 Å². The average molecular weight is 332 g/mol. The number of methoxy groups -OCH3 is 1. The molecule has 6 heteroatoms. The number of carboxylic acid groups (broad SMARTS) is 1. The molecule has 0 spiro atoms. The molecule has 2 aromatic rings. The highest BCUT2D eigenvalue weighted by molar-refractivity contribution is 6.30. The van der Waals surface area contributed by atoms with Crippen molar-refractivity contribution in [3.63, 3.8) is 0 Å². The first-order valence-electron chi connectivity index (χ1n) is 6.65. The third-order valence-corrected chi connectivity index (χ3v) is 3.26. The molecule has 0 heterocycles. The Bertz CT molecular complexity index is 736. The highest BCUT2D eigenvalue weighted by Crippen LogP contribution is 2.16. The van der Waals surface area contributed by atoms with Crippen molar-refractivity contribution in [2.75, 3.05) is 12.4 Å². The SMILES string of the molecule is COc1ccc(C(=O)/C=C(\Nc2ccc(Cl)cc2)C(=O)O)cc1. The van der Waals surface area contributed by atoms with Crippen LogP contribution in [0.3, 0.4) is 0 Å². The number of hydrogen-bond donors (Lipinski definition) is 2. The number of rotatable bonds is 6. The van der Waals surface area contributed by atoms with Gasteiger partial charge in [-0.3, -0.25) is 4.79 Å². The number of carbonyl (C=O) groups excluding carboxylic acids is 1. The summed E-state index contributed by atoms with van der Waals surface area (Å²) >= 11 is 5.78. The predicted octanol–water partition coefficient (Wildman–Crippen LogP) is 3.61. The third kappa shape index (κ3) is 4.59. The normalized spacial score (nSPS) is 11.0. The van der Waals surface area contributed by atoms with Crippen molar-refractivity contribution < 1.29 is 19.4 Å². The minimum Gasteiger partial charge on any atom is -0.497 e. The lowest BCUT2D eigenvalue weighted by Gasteiger charge is -2.07. The summed E-state index contributed by atoms with van der Waals surface area (Å²) in [4.78, 5) is 23.5. The molecule has 23 heavy (non-hydrogen) atoms. The van der Waals surface area contributed by atoms with Crippen LogP contribution in [0.15, 0.2) is 60.3 Å². The Labute approximate surface area is 138 Å². The molecule has 0 unspecified atom stereocenters. The molecular formula is C17H14ClNO4. The summed E-state index contributed by atoms with van der Waals surface area (Å²) in [6.07, 6.45) is 1.04. The third-order valence-electron chi connectivity index (χ3n) is 3.00. The Morgan fingerprint density at radius 3 is 2.22 bits per heavy atom. The Kier molecular flexibility index (Phi) is 5.38. The lowest BCUT2D eigenvalue weighted by Crippen LogP contribution is -2.12.